The minimum absolute atomic E-state index is 0.251. The number of pyridine rings is 1. The van der Waals surface area contributed by atoms with Crippen LogP contribution in [0.3, 0.4) is 0 Å². The fourth-order valence-electron chi connectivity index (χ4n) is 1.36. The predicted octanol–water partition coefficient (Wildman–Crippen LogP) is 1.25. The molecule has 1 aromatic rings. The van der Waals surface area contributed by atoms with Crippen LogP contribution in [0.15, 0.2) is 18.3 Å². The van der Waals surface area contributed by atoms with Gasteiger partial charge in [0.25, 0.3) is 0 Å². The van der Waals surface area contributed by atoms with Gasteiger partial charge < -0.3 is 14.7 Å². The van der Waals surface area contributed by atoms with Gasteiger partial charge in [-0.05, 0) is 19.1 Å². The second kappa shape index (κ2) is 6.07. The summed E-state index contributed by atoms with van der Waals surface area (Å²) in [5.41, 5.74) is 0.251. The first kappa shape index (κ1) is 12.4. The number of aromatic nitrogens is 1. The SMILES string of the molecule is CCN(CCOC)c1cc(C(=O)O)ccn1. The lowest BCUT2D eigenvalue weighted by Crippen LogP contribution is -2.27. The lowest BCUT2D eigenvalue weighted by Gasteiger charge is -2.21. The highest BCUT2D eigenvalue weighted by atomic mass is 16.5. The van der Waals surface area contributed by atoms with Crippen molar-refractivity contribution in [1.29, 1.82) is 0 Å². The van der Waals surface area contributed by atoms with Crippen molar-refractivity contribution in [1.82, 2.24) is 4.98 Å². The van der Waals surface area contributed by atoms with Gasteiger partial charge in [0.2, 0.25) is 0 Å². The molecule has 0 radical (unpaired) electrons. The van der Waals surface area contributed by atoms with Gasteiger partial charge in [-0.25, -0.2) is 9.78 Å². The maximum atomic E-state index is 10.8. The number of carboxylic acid groups (broad SMARTS) is 1. The van der Waals surface area contributed by atoms with Crippen molar-refractivity contribution in [2.45, 2.75) is 6.92 Å². The van der Waals surface area contributed by atoms with Gasteiger partial charge in [-0.3, -0.25) is 0 Å². The van der Waals surface area contributed by atoms with E-state index in [1.54, 1.807) is 13.2 Å². The molecular formula is C11H16N2O3. The van der Waals surface area contributed by atoms with E-state index in [1.807, 2.05) is 11.8 Å². The molecule has 0 aliphatic carbocycles. The minimum Gasteiger partial charge on any atom is -0.478 e. The fraction of sp³-hybridized carbons (Fsp3) is 0.455. The Morgan fingerprint density at radius 3 is 2.94 bits per heavy atom. The number of hydrogen-bond acceptors (Lipinski definition) is 4. The summed E-state index contributed by atoms with van der Waals surface area (Å²) in [5, 5.41) is 8.87. The van der Waals surface area contributed by atoms with Crippen molar-refractivity contribution in [2.24, 2.45) is 0 Å². The number of ether oxygens (including phenoxy) is 1. The Morgan fingerprint density at radius 1 is 1.62 bits per heavy atom. The Balaban J connectivity index is 2.83. The standard InChI is InChI=1S/C11H16N2O3/c1-3-13(6-7-16-2)10-8-9(11(14)15)4-5-12-10/h4-5,8H,3,6-7H2,1-2H3,(H,14,15). The van der Waals surface area contributed by atoms with Crippen molar-refractivity contribution in [3.05, 3.63) is 23.9 Å². The van der Waals surface area contributed by atoms with Crippen LogP contribution in [-0.4, -0.2) is 42.9 Å². The molecule has 1 heterocycles. The summed E-state index contributed by atoms with van der Waals surface area (Å²) in [6, 6.07) is 3.05. The van der Waals surface area contributed by atoms with Crippen LogP contribution in [-0.2, 0) is 4.74 Å². The normalized spacial score (nSPS) is 10.1. The average molecular weight is 224 g/mol. The number of rotatable bonds is 6. The number of methoxy groups -OCH3 is 1. The van der Waals surface area contributed by atoms with Gasteiger partial charge >= 0.3 is 5.97 Å². The Kier molecular flexibility index (Phi) is 4.72. The van der Waals surface area contributed by atoms with Crippen LogP contribution in [0.25, 0.3) is 0 Å². The van der Waals surface area contributed by atoms with E-state index in [2.05, 4.69) is 4.98 Å². The Hall–Kier alpha value is -1.62. The second-order valence-electron chi connectivity index (χ2n) is 3.28. The number of nitrogens with zero attached hydrogens (tertiary/aromatic N) is 2. The Labute approximate surface area is 94.7 Å². The molecule has 0 saturated heterocycles. The van der Waals surface area contributed by atoms with E-state index in [0.29, 0.717) is 19.0 Å². The monoisotopic (exact) mass is 224 g/mol. The lowest BCUT2D eigenvalue weighted by atomic mass is 10.2. The zero-order chi connectivity index (χ0) is 12.0. The molecule has 0 bridgehead atoms. The van der Waals surface area contributed by atoms with E-state index in [4.69, 9.17) is 9.84 Å². The van der Waals surface area contributed by atoms with E-state index in [1.165, 1.54) is 12.3 Å². The van der Waals surface area contributed by atoms with Gasteiger partial charge in [0, 0.05) is 26.4 Å². The molecule has 0 aromatic carbocycles. The van der Waals surface area contributed by atoms with E-state index in [9.17, 15) is 4.79 Å². The third-order valence-corrected chi connectivity index (χ3v) is 2.26. The summed E-state index contributed by atoms with van der Waals surface area (Å²) < 4.78 is 4.99. The summed E-state index contributed by atoms with van der Waals surface area (Å²) in [4.78, 5) is 16.9. The van der Waals surface area contributed by atoms with Crippen molar-refractivity contribution < 1.29 is 14.6 Å². The molecule has 0 aliphatic rings. The Morgan fingerprint density at radius 2 is 2.38 bits per heavy atom. The zero-order valence-electron chi connectivity index (χ0n) is 9.51. The molecule has 0 spiro atoms. The molecular weight excluding hydrogens is 208 g/mol. The van der Waals surface area contributed by atoms with Crippen LogP contribution in [0.5, 0.6) is 0 Å². The Bertz CT molecular complexity index is 355. The summed E-state index contributed by atoms with van der Waals surface area (Å²) in [7, 11) is 1.63. The van der Waals surface area contributed by atoms with E-state index in [0.717, 1.165) is 6.54 Å². The van der Waals surface area contributed by atoms with Crippen molar-refractivity contribution in [2.75, 3.05) is 31.7 Å². The molecule has 5 heteroatoms. The van der Waals surface area contributed by atoms with Crippen LogP contribution < -0.4 is 4.90 Å². The highest BCUT2D eigenvalue weighted by Crippen LogP contribution is 2.12. The molecule has 1 N–H and O–H groups in total. The van der Waals surface area contributed by atoms with Gasteiger partial charge in [0.15, 0.2) is 0 Å². The molecule has 1 rings (SSSR count). The topological polar surface area (TPSA) is 62.7 Å². The maximum Gasteiger partial charge on any atom is 0.335 e. The van der Waals surface area contributed by atoms with Crippen LogP contribution >= 0.6 is 0 Å². The number of aromatic carboxylic acids is 1. The summed E-state index contributed by atoms with van der Waals surface area (Å²) in [5.74, 6) is -0.272. The molecule has 1 aromatic heterocycles. The van der Waals surface area contributed by atoms with Crippen molar-refractivity contribution in [3.8, 4) is 0 Å². The number of anilines is 1. The predicted molar refractivity (Wildman–Crippen MR) is 61.0 cm³/mol. The molecule has 16 heavy (non-hydrogen) atoms. The first-order chi connectivity index (χ1) is 7.69. The van der Waals surface area contributed by atoms with Gasteiger partial charge in [-0.2, -0.15) is 0 Å². The molecule has 88 valence electrons. The molecule has 0 atom stereocenters. The first-order valence-electron chi connectivity index (χ1n) is 5.12. The van der Waals surface area contributed by atoms with Crippen LogP contribution in [0.1, 0.15) is 17.3 Å². The largest absolute Gasteiger partial charge is 0.478 e. The number of hydrogen-bond donors (Lipinski definition) is 1. The molecule has 5 nitrogen and oxygen atoms in total. The minimum atomic E-state index is -0.938. The summed E-state index contributed by atoms with van der Waals surface area (Å²) in [6.45, 7) is 4.04. The number of carboxylic acids is 1. The number of likely N-dealkylation sites (N-methyl/N-ethyl adjacent to an activating group) is 1. The summed E-state index contributed by atoms with van der Waals surface area (Å²) in [6.07, 6.45) is 1.51. The fourth-order valence-corrected chi connectivity index (χ4v) is 1.36. The van der Waals surface area contributed by atoms with Crippen LogP contribution in [0.4, 0.5) is 5.82 Å². The molecule has 0 aliphatic heterocycles. The third kappa shape index (κ3) is 3.20. The third-order valence-electron chi connectivity index (χ3n) is 2.26. The van der Waals surface area contributed by atoms with Gasteiger partial charge in [0.1, 0.15) is 5.82 Å². The highest BCUT2D eigenvalue weighted by Gasteiger charge is 2.09. The van der Waals surface area contributed by atoms with Crippen LogP contribution in [0.2, 0.25) is 0 Å². The van der Waals surface area contributed by atoms with E-state index >= 15 is 0 Å². The van der Waals surface area contributed by atoms with Gasteiger partial charge in [-0.1, -0.05) is 0 Å². The molecule has 0 saturated carbocycles. The zero-order valence-corrected chi connectivity index (χ0v) is 9.51. The first-order valence-corrected chi connectivity index (χ1v) is 5.12. The molecule has 0 unspecified atom stereocenters. The van der Waals surface area contributed by atoms with E-state index in [-0.39, 0.29) is 5.56 Å². The highest BCUT2D eigenvalue weighted by molar-refractivity contribution is 5.88. The maximum absolute atomic E-state index is 10.8. The summed E-state index contributed by atoms with van der Waals surface area (Å²) >= 11 is 0. The lowest BCUT2D eigenvalue weighted by molar-refractivity contribution is 0.0697. The van der Waals surface area contributed by atoms with E-state index < -0.39 is 5.97 Å². The average Bonchev–Trinajstić information content (AvgIpc) is 2.30. The number of carbonyl (C=O) groups is 1. The van der Waals surface area contributed by atoms with Crippen LogP contribution in [0, 0.1) is 0 Å². The smallest absolute Gasteiger partial charge is 0.335 e. The van der Waals surface area contributed by atoms with Crippen molar-refractivity contribution in [3.63, 3.8) is 0 Å². The quantitative estimate of drug-likeness (QED) is 0.788. The molecule has 0 amide bonds. The van der Waals surface area contributed by atoms with Gasteiger partial charge in [0.05, 0.1) is 12.2 Å². The second-order valence-corrected chi connectivity index (χ2v) is 3.28. The van der Waals surface area contributed by atoms with Crippen molar-refractivity contribution >= 4 is 11.8 Å². The van der Waals surface area contributed by atoms with Gasteiger partial charge in [-0.15, -0.1) is 0 Å². The molecule has 0 fully saturated rings.